The van der Waals surface area contributed by atoms with Gasteiger partial charge in [0.25, 0.3) is 0 Å². The Bertz CT molecular complexity index is 1020. The van der Waals surface area contributed by atoms with Crippen molar-refractivity contribution in [2.75, 3.05) is 13.2 Å². The number of aliphatic hydroxyl groups is 1. The molecule has 0 aliphatic heterocycles. The predicted octanol–water partition coefficient (Wildman–Crippen LogP) is 2.58. The highest BCUT2D eigenvalue weighted by molar-refractivity contribution is 5.93. The number of rotatable bonds is 9. The van der Waals surface area contributed by atoms with Crippen LogP contribution in [0.2, 0.25) is 0 Å². The van der Waals surface area contributed by atoms with Crippen LogP contribution in [0.5, 0.6) is 0 Å². The Balaban J connectivity index is 1.79. The summed E-state index contributed by atoms with van der Waals surface area (Å²) >= 11 is 0. The number of hydrogen-bond acceptors (Lipinski definition) is 5. The zero-order valence-electron chi connectivity index (χ0n) is 16.7. The van der Waals surface area contributed by atoms with Gasteiger partial charge >= 0.3 is 11.7 Å². The average Bonchev–Trinajstić information content (AvgIpc) is 2.99. The van der Waals surface area contributed by atoms with E-state index in [1.165, 1.54) is 4.57 Å². The van der Waals surface area contributed by atoms with Gasteiger partial charge in [-0.3, -0.25) is 9.13 Å². The quantitative estimate of drug-likeness (QED) is 0.560. The van der Waals surface area contributed by atoms with Crippen LogP contribution in [-0.4, -0.2) is 39.5 Å². The maximum atomic E-state index is 12.8. The fourth-order valence-corrected chi connectivity index (χ4v) is 3.29. The molecule has 0 fully saturated rings. The van der Waals surface area contributed by atoms with E-state index in [1.807, 2.05) is 37.3 Å². The van der Waals surface area contributed by atoms with Crippen LogP contribution in [0.3, 0.4) is 0 Å². The molecule has 1 atom stereocenters. The van der Waals surface area contributed by atoms with Gasteiger partial charge in [0.15, 0.2) is 0 Å². The third-order valence-electron chi connectivity index (χ3n) is 4.66. The first-order valence-corrected chi connectivity index (χ1v) is 9.75. The van der Waals surface area contributed by atoms with Crippen molar-refractivity contribution < 1.29 is 19.4 Å². The molecule has 1 N–H and O–H groups in total. The Morgan fingerprint density at radius 3 is 2.52 bits per heavy atom. The second-order valence-electron chi connectivity index (χ2n) is 6.72. The van der Waals surface area contributed by atoms with Crippen LogP contribution in [0.1, 0.15) is 29.8 Å². The van der Waals surface area contributed by atoms with E-state index in [1.54, 1.807) is 29.7 Å². The monoisotopic (exact) mass is 398 g/mol. The summed E-state index contributed by atoms with van der Waals surface area (Å²) in [6.45, 7) is 4.94. The summed E-state index contributed by atoms with van der Waals surface area (Å²) < 4.78 is 13.7. The molecule has 7 heteroatoms. The third kappa shape index (κ3) is 4.75. The smallest absolute Gasteiger partial charge is 0.338 e. The van der Waals surface area contributed by atoms with Crippen LogP contribution in [-0.2, 0) is 29.2 Å². The number of imidazole rings is 1. The lowest BCUT2D eigenvalue weighted by molar-refractivity contribution is 0.0204. The first-order valence-electron chi connectivity index (χ1n) is 9.75. The zero-order chi connectivity index (χ0) is 20.8. The van der Waals surface area contributed by atoms with E-state index in [0.29, 0.717) is 29.7 Å². The minimum Gasteiger partial charge on any atom is -0.462 e. The topological polar surface area (TPSA) is 82.7 Å². The maximum absolute atomic E-state index is 12.8. The maximum Gasteiger partial charge on any atom is 0.338 e. The molecule has 154 valence electrons. The normalized spacial score (nSPS) is 12.2. The van der Waals surface area contributed by atoms with Crippen molar-refractivity contribution in [3.63, 3.8) is 0 Å². The Hall–Kier alpha value is -2.90. The molecule has 0 amide bonds. The van der Waals surface area contributed by atoms with Gasteiger partial charge in [0.05, 0.1) is 49.1 Å². The number of fused-ring (bicyclic) bond motifs is 1. The molecule has 0 saturated carbocycles. The molecule has 0 aliphatic rings. The van der Waals surface area contributed by atoms with Crippen LogP contribution >= 0.6 is 0 Å². The van der Waals surface area contributed by atoms with Gasteiger partial charge in [-0.05, 0) is 37.6 Å². The number of esters is 1. The third-order valence-corrected chi connectivity index (χ3v) is 4.66. The van der Waals surface area contributed by atoms with Gasteiger partial charge in [-0.1, -0.05) is 30.3 Å². The molecule has 0 saturated heterocycles. The van der Waals surface area contributed by atoms with E-state index in [-0.39, 0.29) is 25.4 Å². The van der Waals surface area contributed by atoms with Crippen LogP contribution in [0, 0.1) is 0 Å². The molecule has 0 bridgehead atoms. The number of ether oxygens (including phenoxy) is 2. The molecular formula is C22H26N2O5. The number of benzene rings is 2. The van der Waals surface area contributed by atoms with Crippen molar-refractivity contribution in [2.45, 2.75) is 39.6 Å². The Morgan fingerprint density at radius 1 is 1.07 bits per heavy atom. The molecule has 1 aromatic heterocycles. The van der Waals surface area contributed by atoms with Gasteiger partial charge < -0.3 is 14.6 Å². The molecule has 1 heterocycles. The van der Waals surface area contributed by atoms with Gasteiger partial charge in [0.1, 0.15) is 0 Å². The van der Waals surface area contributed by atoms with E-state index >= 15 is 0 Å². The number of aliphatic hydroxyl groups excluding tert-OH is 1. The molecule has 2 aromatic carbocycles. The highest BCUT2D eigenvalue weighted by Crippen LogP contribution is 2.17. The summed E-state index contributed by atoms with van der Waals surface area (Å²) in [4.78, 5) is 24.9. The standard InChI is InChI=1S/C22H26N2O5/c1-3-23-19-11-10-17(21(26)29-4-2)12-20(19)24(22(23)27)13-18(25)15-28-14-16-8-6-5-7-9-16/h5-12,18,25H,3-4,13-15H2,1-2H3. The van der Waals surface area contributed by atoms with Crippen LogP contribution < -0.4 is 5.69 Å². The first-order chi connectivity index (χ1) is 14.0. The lowest BCUT2D eigenvalue weighted by atomic mass is 10.2. The van der Waals surface area contributed by atoms with Gasteiger partial charge in [-0.15, -0.1) is 0 Å². The average molecular weight is 398 g/mol. The van der Waals surface area contributed by atoms with E-state index < -0.39 is 12.1 Å². The second-order valence-corrected chi connectivity index (χ2v) is 6.72. The Morgan fingerprint density at radius 2 is 1.83 bits per heavy atom. The van der Waals surface area contributed by atoms with Crippen LogP contribution in [0.4, 0.5) is 0 Å². The van der Waals surface area contributed by atoms with Crippen molar-refractivity contribution >= 4 is 17.0 Å². The lowest BCUT2D eigenvalue weighted by Crippen LogP contribution is -2.30. The van der Waals surface area contributed by atoms with Crippen molar-refractivity contribution in [3.05, 3.63) is 70.1 Å². The van der Waals surface area contributed by atoms with Gasteiger partial charge in [0.2, 0.25) is 0 Å². The number of carbonyl (C=O) groups excluding carboxylic acids is 1. The second kappa shape index (κ2) is 9.54. The molecule has 0 radical (unpaired) electrons. The fourth-order valence-electron chi connectivity index (χ4n) is 3.29. The number of hydrogen-bond donors (Lipinski definition) is 1. The zero-order valence-corrected chi connectivity index (χ0v) is 16.7. The summed E-state index contributed by atoms with van der Waals surface area (Å²) in [6, 6.07) is 14.7. The summed E-state index contributed by atoms with van der Waals surface area (Å²) in [5.74, 6) is -0.440. The molecule has 1 unspecified atom stereocenters. The summed E-state index contributed by atoms with van der Waals surface area (Å²) in [5, 5.41) is 10.4. The molecule has 7 nitrogen and oxygen atoms in total. The molecule has 0 spiro atoms. The van der Waals surface area contributed by atoms with Crippen LogP contribution in [0.15, 0.2) is 53.3 Å². The highest BCUT2D eigenvalue weighted by atomic mass is 16.5. The van der Waals surface area contributed by atoms with E-state index in [4.69, 9.17) is 9.47 Å². The van der Waals surface area contributed by atoms with Crippen molar-refractivity contribution in [2.24, 2.45) is 0 Å². The lowest BCUT2D eigenvalue weighted by Gasteiger charge is -2.12. The molecule has 3 rings (SSSR count). The minimum absolute atomic E-state index is 0.0728. The van der Waals surface area contributed by atoms with E-state index in [2.05, 4.69) is 0 Å². The molecule has 0 aliphatic carbocycles. The molecular weight excluding hydrogens is 372 g/mol. The number of carbonyl (C=O) groups is 1. The van der Waals surface area contributed by atoms with Crippen molar-refractivity contribution in [3.8, 4) is 0 Å². The van der Waals surface area contributed by atoms with E-state index in [9.17, 15) is 14.7 Å². The highest BCUT2D eigenvalue weighted by Gasteiger charge is 2.18. The van der Waals surface area contributed by atoms with E-state index in [0.717, 1.165) is 5.56 Å². The molecule has 3 aromatic rings. The first kappa shape index (κ1) is 20.8. The Labute approximate surface area is 169 Å². The number of aryl methyl sites for hydroxylation is 1. The van der Waals surface area contributed by atoms with Gasteiger partial charge in [0, 0.05) is 6.54 Å². The van der Waals surface area contributed by atoms with Crippen molar-refractivity contribution in [1.82, 2.24) is 9.13 Å². The van der Waals surface area contributed by atoms with Gasteiger partial charge in [-0.25, -0.2) is 9.59 Å². The number of nitrogens with zero attached hydrogens (tertiary/aromatic N) is 2. The summed E-state index contributed by atoms with van der Waals surface area (Å²) in [6.07, 6.45) is -0.862. The Kier molecular flexibility index (Phi) is 6.85. The summed E-state index contributed by atoms with van der Waals surface area (Å²) in [7, 11) is 0. The largest absolute Gasteiger partial charge is 0.462 e. The summed E-state index contributed by atoms with van der Waals surface area (Å²) in [5.41, 5.74) is 2.45. The number of aromatic nitrogens is 2. The van der Waals surface area contributed by atoms with Crippen LogP contribution in [0.25, 0.3) is 11.0 Å². The van der Waals surface area contributed by atoms with Gasteiger partial charge in [-0.2, -0.15) is 0 Å². The minimum atomic E-state index is -0.862. The SMILES string of the molecule is CCOC(=O)c1ccc2c(c1)n(CC(O)COCc1ccccc1)c(=O)n2CC. The van der Waals surface area contributed by atoms with Crippen molar-refractivity contribution in [1.29, 1.82) is 0 Å². The molecule has 29 heavy (non-hydrogen) atoms. The predicted molar refractivity (Wildman–Crippen MR) is 110 cm³/mol. The fraction of sp³-hybridized carbons (Fsp3) is 0.364.